The van der Waals surface area contributed by atoms with E-state index in [-0.39, 0.29) is 27.4 Å². The zero-order chi connectivity index (χ0) is 18.4. The van der Waals surface area contributed by atoms with Crippen molar-refractivity contribution in [2.75, 3.05) is 14.1 Å². The predicted octanol–water partition coefficient (Wildman–Crippen LogP) is 3.14. The first-order valence-electron chi connectivity index (χ1n) is 8.73. The number of rotatable bonds is 5. The third-order valence-electron chi connectivity index (χ3n) is 5.75. The van der Waals surface area contributed by atoms with E-state index in [4.69, 9.17) is 11.6 Å². The van der Waals surface area contributed by atoms with Crippen molar-refractivity contribution in [3.8, 4) is 0 Å². The Hall–Kier alpha value is -1.11. The smallest absolute Gasteiger partial charge is 0.253 e. The standard InChI is InChI=1S/C18H25ClN2O3S/c1-11(15-9-12-4-5-13(15)8-12)20-18(22)16-10-14(6-7-17(16)19)25(23,24)21(2)3/h6-7,10-13,15H,4-5,8-9H2,1-3H3,(H,20,22)/t11-,12+,13+,15-/m1/s1. The summed E-state index contributed by atoms with van der Waals surface area (Å²) < 4.78 is 25.7. The molecule has 1 amide bonds. The first-order valence-corrected chi connectivity index (χ1v) is 10.5. The van der Waals surface area contributed by atoms with Crippen molar-refractivity contribution in [1.29, 1.82) is 0 Å². The number of carbonyl (C=O) groups excluding carboxylic acids is 1. The summed E-state index contributed by atoms with van der Waals surface area (Å²) in [7, 11) is -0.688. The summed E-state index contributed by atoms with van der Waals surface area (Å²) in [5.41, 5.74) is 0.208. The summed E-state index contributed by atoms with van der Waals surface area (Å²) in [6.07, 6.45) is 5.03. The van der Waals surface area contributed by atoms with Crippen LogP contribution in [0.3, 0.4) is 0 Å². The predicted molar refractivity (Wildman–Crippen MR) is 98.2 cm³/mol. The fourth-order valence-electron chi connectivity index (χ4n) is 4.35. The number of fused-ring (bicyclic) bond motifs is 2. The normalized spacial score (nSPS) is 26.8. The number of hydrogen-bond acceptors (Lipinski definition) is 3. The monoisotopic (exact) mass is 384 g/mol. The number of nitrogens with zero attached hydrogens (tertiary/aromatic N) is 1. The van der Waals surface area contributed by atoms with Crippen LogP contribution in [0.15, 0.2) is 23.1 Å². The highest BCUT2D eigenvalue weighted by Crippen LogP contribution is 2.49. The van der Waals surface area contributed by atoms with Gasteiger partial charge in [0, 0.05) is 20.1 Å². The number of halogens is 1. The Labute approximate surface area is 154 Å². The average molecular weight is 385 g/mol. The highest BCUT2D eigenvalue weighted by Gasteiger charge is 2.42. The quantitative estimate of drug-likeness (QED) is 0.847. The summed E-state index contributed by atoms with van der Waals surface area (Å²) >= 11 is 6.16. The summed E-state index contributed by atoms with van der Waals surface area (Å²) in [6.45, 7) is 2.04. The van der Waals surface area contributed by atoms with Crippen molar-refractivity contribution >= 4 is 27.5 Å². The molecular weight excluding hydrogens is 360 g/mol. The second-order valence-corrected chi connectivity index (χ2v) is 10.1. The molecule has 1 N–H and O–H groups in total. The maximum Gasteiger partial charge on any atom is 0.253 e. The number of amides is 1. The molecule has 7 heteroatoms. The van der Waals surface area contributed by atoms with Crippen LogP contribution in [0.1, 0.15) is 43.0 Å². The van der Waals surface area contributed by atoms with Crippen LogP contribution < -0.4 is 5.32 Å². The van der Waals surface area contributed by atoms with E-state index in [1.54, 1.807) is 0 Å². The summed E-state index contributed by atoms with van der Waals surface area (Å²) in [4.78, 5) is 12.8. The first kappa shape index (κ1) is 18.7. The molecule has 2 fully saturated rings. The molecule has 4 atom stereocenters. The molecule has 2 saturated carbocycles. The maximum atomic E-state index is 12.7. The third kappa shape index (κ3) is 3.57. The molecule has 2 bridgehead atoms. The lowest BCUT2D eigenvalue weighted by Gasteiger charge is -2.28. The van der Waals surface area contributed by atoms with Crippen molar-refractivity contribution in [1.82, 2.24) is 9.62 Å². The first-order chi connectivity index (χ1) is 11.7. The highest BCUT2D eigenvalue weighted by atomic mass is 35.5. The average Bonchev–Trinajstić information content (AvgIpc) is 3.17. The van der Waals surface area contributed by atoms with E-state index in [0.717, 1.165) is 10.2 Å². The molecule has 0 saturated heterocycles. The molecule has 0 aromatic heterocycles. The van der Waals surface area contributed by atoms with Gasteiger partial charge in [-0.05, 0) is 62.1 Å². The van der Waals surface area contributed by atoms with Gasteiger partial charge in [0.05, 0.1) is 15.5 Å². The van der Waals surface area contributed by atoms with Gasteiger partial charge in [0.25, 0.3) is 5.91 Å². The molecule has 5 nitrogen and oxygen atoms in total. The number of carbonyl (C=O) groups is 1. The molecule has 0 radical (unpaired) electrons. The van der Waals surface area contributed by atoms with Gasteiger partial charge in [-0.1, -0.05) is 18.0 Å². The van der Waals surface area contributed by atoms with Crippen LogP contribution in [-0.4, -0.2) is 38.8 Å². The van der Waals surface area contributed by atoms with Crippen LogP contribution in [0, 0.1) is 17.8 Å². The lowest BCUT2D eigenvalue weighted by Crippen LogP contribution is -2.40. The minimum absolute atomic E-state index is 0.0629. The lowest BCUT2D eigenvalue weighted by atomic mass is 9.84. The van der Waals surface area contributed by atoms with Crippen LogP contribution >= 0.6 is 11.6 Å². The van der Waals surface area contributed by atoms with E-state index < -0.39 is 10.0 Å². The molecule has 3 rings (SSSR count). The summed E-state index contributed by atoms with van der Waals surface area (Å²) in [5, 5.41) is 3.30. The van der Waals surface area contributed by atoms with Gasteiger partial charge >= 0.3 is 0 Å². The third-order valence-corrected chi connectivity index (χ3v) is 7.90. The zero-order valence-electron chi connectivity index (χ0n) is 14.8. The SMILES string of the molecule is C[C@@H](NC(=O)c1cc(S(=O)(=O)N(C)C)ccc1Cl)[C@H]1C[C@H]2CC[C@H]1C2. The molecule has 0 unspecified atom stereocenters. The van der Waals surface area contributed by atoms with Crippen LogP contribution in [0.5, 0.6) is 0 Å². The number of sulfonamides is 1. The van der Waals surface area contributed by atoms with Crippen LogP contribution in [0.25, 0.3) is 0 Å². The Morgan fingerprint density at radius 2 is 2.00 bits per heavy atom. The summed E-state index contributed by atoms with van der Waals surface area (Å²) in [6, 6.07) is 4.32. The number of benzene rings is 1. The Morgan fingerprint density at radius 1 is 1.28 bits per heavy atom. The molecule has 2 aliphatic rings. The second-order valence-electron chi connectivity index (χ2n) is 7.53. The Morgan fingerprint density at radius 3 is 2.56 bits per heavy atom. The van der Waals surface area contributed by atoms with E-state index in [1.165, 1.54) is 58.0 Å². The van der Waals surface area contributed by atoms with Crippen molar-refractivity contribution in [3.05, 3.63) is 28.8 Å². The van der Waals surface area contributed by atoms with Crippen LogP contribution in [-0.2, 0) is 10.0 Å². The largest absolute Gasteiger partial charge is 0.349 e. The Balaban J connectivity index is 1.78. The van der Waals surface area contributed by atoms with Crippen molar-refractivity contribution in [2.24, 2.45) is 17.8 Å². The molecule has 0 spiro atoms. The second kappa shape index (κ2) is 6.89. The van der Waals surface area contributed by atoms with Crippen LogP contribution in [0.2, 0.25) is 5.02 Å². The molecular formula is C18H25ClN2O3S. The van der Waals surface area contributed by atoms with Crippen LogP contribution in [0.4, 0.5) is 0 Å². The van der Waals surface area contributed by atoms with Gasteiger partial charge in [-0.25, -0.2) is 12.7 Å². The van der Waals surface area contributed by atoms with Gasteiger partial charge in [-0.3, -0.25) is 4.79 Å². The van der Waals surface area contributed by atoms with E-state index in [2.05, 4.69) is 5.32 Å². The van der Waals surface area contributed by atoms with Gasteiger partial charge in [0.2, 0.25) is 10.0 Å². The lowest BCUT2D eigenvalue weighted by molar-refractivity contribution is 0.0915. The molecule has 0 aliphatic heterocycles. The zero-order valence-corrected chi connectivity index (χ0v) is 16.4. The van der Waals surface area contributed by atoms with Crippen molar-refractivity contribution in [2.45, 2.75) is 43.5 Å². The Kier molecular flexibility index (Phi) is 5.15. The van der Waals surface area contributed by atoms with Crippen molar-refractivity contribution < 1.29 is 13.2 Å². The van der Waals surface area contributed by atoms with Crippen molar-refractivity contribution in [3.63, 3.8) is 0 Å². The molecule has 25 heavy (non-hydrogen) atoms. The fourth-order valence-corrected chi connectivity index (χ4v) is 5.48. The van der Waals surface area contributed by atoms with E-state index in [9.17, 15) is 13.2 Å². The molecule has 138 valence electrons. The van der Waals surface area contributed by atoms with Gasteiger partial charge in [0.15, 0.2) is 0 Å². The minimum atomic E-state index is -3.61. The number of nitrogens with one attached hydrogen (secondary N) is 1. The van der Waals surface area contributed by atoms with Gasteiger partial charge in [0.1, 0.15) is 0 Å². The Bertz CT molecular complexity index is 779. The topological polar surface area (TPSA) is 66.5 Å². The van der Waals surface area contributed by atoms with Gasteiger partial charge < -0.3 is 5.32 Å². The van der Waals surface area contributed by atoms with Gasteiger partial charge in [-0.2, -0.15) is 0 Å². The van der Waals surface area contributed by atoms with Gasteiger partial charge in [-0.15, -0.1) is 0 Å². The van der Waals surface area contributed by atoms with E-state index in [0.29, 0.717) is 11.8 Å². The highest BCUT2D eigenvalue weighted by molar-refractivity contribution is 7.89. The number of hydrogen-bond donors (Lipinski definition) is 1. The van der Waals surface area contributed by atoms with E-state index >= 15 is 0 Å². The molecule has 1 aromatic rings. The fraction of sp³-hybridized carbons (Fsp3) is 0.611. The molecule has 0 heterocycles. The van der Waals surface area contributed by atoms with E-state index in [1.807, 2.05) is 6.92 Å². The minimum Gasteiger partial charge on any atom is -0.349 e. The summed E-state index contributed by atoms with van der Waals surface area (Å²) in [5.74, 6) is 1.72. The maximum absolute atomic E-state index is 12.7. The molecule has 2 aliphatic carbocycles. The molecule has 1 aromatic carbocycles.